The van der Waals surface area contributed by atoms with Crippen molar-refractivity contribution in [2.24, 2.45) is 0 Å². The van der Waals surface area contributed by atoms with Crippen LogP contribution in [0.2, 0.25) is 0 Å². The predicted molar refractivity (Wildman–Crippen MR) is 76.4 cm³/mol. The number of hydrogen-bond acceptors (Lipinski definition) is 5. The minimum absolute atomic E-state index is 0.312. The van der Waals surface area contributed by atoms with E-state index in [9.17, 15) is 9.59 Å². The van der Waals surface area contributed by atoms with E-state index >= 15 is 0 Å². The summed E-state index contributed by atoms with van der Waals surface area (Å²) in [5, 5.41) is 2.59. The molecule has 20 heavy (non-hydrogen) atoms. The maximum absolute atomic E-state index is 11.7. The Hall–Kier alpha value is -2.60. The van der Waals surface area contributed by atoms with Crippen LogP contribution in [0.15, 0.2) is 57.7 Å². The van der Waals surface area contributed by atoms with Gasteiger partial charge >= 0.3 is 11.0 Å². The highest BCUT2D eigenvalue weighted by Gasteiger charge is 2.08. The molecule has 0 spiro atoms. The van der Waals surface area contributed by atoms with E-state index in [1.165, 1.54) is 6.07 Å². The van der Waals surface area contributed by atoms with Crippen molar-refractivity contribution < 1.29 is 13.9 Å². The van der Waals surface area contributed by atoms with Crippen LogP contribution in [0.3, 0.4) is 0 Å². The Morgan fingerprint density at radius 2 is 1.95 bits per heavy atom. The highest BCUT2D eigenvalue weighted by molar-refractivity contribution is 7.16. The molecule has 1 N–H and O–H groups in total. The summed E-state index contributed by atoms with van der Waals surface area (Å²) in [6.45, 7) is 0. The van der Waals surface area contributed by atoms with Gasteiger partial charge in [-0.15, -0.1) is 0 Å². The van der Waals surface area contributed by atoms with Crippen molar-refractivity contribution in [1.82, 2.24) is 0 Å². The average molecular weight is 287 g/mol. The molecule has 1 aromatic heterocycles. The van der Waals surface area contributed by atoms with Crippen LogP contribution in [-0.4, -0.2) is 6.09 Å². The summed E-state index contributed by atoms with van der Waals surface area (Å²) in [6, 6.07) is 13.8. The summed E-state index contributed by atoms with van der Waals surface area (Å²) in [6.07, 6.45) is -0.604. The van der Waals surface area contributed by atoms with E-state index in [1.54, 1.807) is 24.3 Å². The summed E-state index contributed by atoms with van der Waals surface area (Å²) in [5.74, 6) is 0.312. The van der Waals surface area contributed by atoms with Gasteiger partial charge < -0.3 is 9.15 Å². The van der Waals surface area contributed by atoms with Crippen molar-refractivity contribution in [3.8, 4) is 5.75 Å². The van der Waals surface area contributed by atoms with Crippen molar-refractivity contribution in [2.75, 3.05) is 5.32 Å². The minimum atomic E-state index is -0.604. The zero-order chi connectivity index (χ0) is 13.9. The zero-order valence-corrected chi connectivity index (χ0v) is 11.0. The van der Waals surface area contributed by atoms with Gasteiger partial charge in [0.1, 0.15) is 5.75 Å². The molecule has 0 radical (unpaired) electrons. The fraction of sp³-hybridized carbons (Fsp3) is 0. The molecule has 6 heteroatoms. The Balaban J connectivity index is 1.75. The Morgan fingerprint density at radius 1 is 1.15 bits per heavy atom. The van der Waals surface area contributed by atoms with Crippen LogP contribution in [0.1, 0.15) is 0 Å². The van der Waals surface area contributed by atoms with Gasteiger partial charge in [-0.05, 0) is 24.3 Å². The molecular weight excluding hydrogens is 278 g/mol. The number of nitrogens with one attached hydrogen (secondary N) is 1. The van der Waals surface area contributed by atoms with Crippen LogP contribution in [0, 0.1) is 0 Å². The highest BCUT2D eigenvalue weighted by atomic mass is 32.1. The number of ether oxygens (including phenoxy) is 1. The van der Waals surface area contributed by atoms with Crippen LogP contribution in [0.4, 0.5) is 10.5 Å². The third-order valence-corrected chi connectivity index (χ3v) is 3.34. The molecule has 3 rings (SSSR count). The fourth-order valence-electron chi connectivity index (χ4n) is 1.69. The Morgan fingerprint density at radius 3 is 2.75 bits per heavy atom. The van der Waals surface area contributed by atoms with Crippen molar-refractivity contribution in [1.29, 1.82) is 0 Å². The quantitative estimate of drug-likeness (QED) is 0.783. The zero-order valence-electron chi connectivity index (χ0n) is 10.2. The van der Waals surface area contributed by atoms with Crippen molar-refractivity contribution in [2.45, 2.75) is 0 Å². The first kappa shape index (κ1) is 12.4. The van der Waals surface area contributed by atoms with E-state index in [1.807, 2.05) is 18.2 Å². The van der Waals surface area contributed by atoms with Crippen LogP contribution in [0.5, 0.6) is 5.75 Å². The smallest absolute Gasteiger partial charge is 0.414 e. The van der Waals surface area contributed by atoms with E-state index in [0.717, 1.165) is 11.3 Å². The topological polar surface area (TPSA) is 68.5 Å². The van der Waals surface area contributed by atoms with Crippen molar-refractivity contribution in [3.05, 3.63) is 58.3 Å². The normalized spacial score (nSPS) is 10.4. The lowest BCUT2D eigenvalue weighted by molar-refractivity contribution is 0.215. The first-order chi connectivity index (χ1) is 9.70. The molecule has 0 saturated carbocycles. The van der Waals surface area contributed by atoms with E-state index in [0.29, 0.717) is 21.7 Å². The maximum Gasteiger partial charge on any atom is 0.417 e. The lowest BCUT2D eigenvalue weighted by Crippen LogP contribution is -2.16. The number of fused-ring (bicyclic) bond motifs is 1. The standard InChI is InChI=1S/C14H9NO4S/c16-13(15-9-4-2-1-3-5-9)18-10-6-7-12-11(8-10)19-14(17)20-12/h1-8H,(H,15,16). The van der Waals surface area contributed by atoms with E-state index in [4.69, 9.17) is 9.15 Å². The number of amides is 1. The van der Waals surface area contributed by atoms with Crippen LogP contribution < -0.4 is 15.0 Å². The summed E-state index contributed by atoms with van der Waals surface area (Å²) >= 11 is 1.00. The number of rotatable bonds is 2. The number of carbonyl (C=O) groups excluding carboxylic acids is 1. The number of anilines is 1. The molecule has 0 saturated heterocycles. The second-order valence-corrected chi connectivity index (χ2v) is 4.92. The Labute approximate surface area is 117 Å². The summed E-state index contributed by atoms with van der Waals surface area (Å²) in [5.41, 5.74) is 1.05. The second kappa shape index (κ2) is 5.18. The van der Waals surface area contributed by atoms with E-state index < -0.39 is 6.09 Å². The van der Waals surface area contributed by atoms with Gasteiger partial charge in [0.2, 0.25) is 0 Å². The Kier molecular flexibility index (Phi) is 3.22. The molecule has 1 amide bonds. The molecule has 0 bridgehead atoms. The number of hydrogen-bond donors (Lipinski definition) is 1. The molecular formula is C14H9NO4S. The van der Waals surface area contributed by atoms with Gasteiger partial charge in [0, 0.05) is 11.8 Å². The third-order valence-electron chi connectivity index (χ3n) is 2.53. The van der Waals surface area contributed by atoms with Gasteiger partial charge in [-0.25, -0.2) is 9.59 Å². The first-order valence-electron chi connectivity index (χ1n) is 5.78. The summed E-state index contributed by atoms with van der Waals surface area (Å²) < 4.78 is 10.8. The molecule has 0 unspecified atom stereocenters. The molecule has 0 atom stereocenters. The van der Waals surface area contributed by atoms with Gasteiger partial charge in [-0.2, -0.15) is 0 Å². The van der Waals surface area contributed by atoms with Gasteiger partial charge in [0.25, 0.3) is 0 Å². The van der Waals surface area contributed by atoms with Gasteiger partial charge in [-0.3, -0.25) is 5.32 Å². The van der Waals surface area contributed by atoms with Gasteiger partial charge in [0.05, 0.1) is 4.70 Å². The summed E-state index contributed by atoms with van der Waals surface area (Å²) in [7, 11) is 0. The van der Waals surface area contributed by atoms with E-state index in [2.05, 4.69) is 5.32 Å². The molecule has 100 valence electrons. The van der Waals surface area contributed by atoms with Gasteiger partial charge in [0.15, 0.2) is 5.58 Å². The van der Waals surface area contributed by atoms with Crippen LogP contribution in [-0.2, 0) is 0 Å². The molecule has 2 aromatic carbocycles. The van der Waals surface area contributed by atoms with Crippen molar-refractivity contribution in [3.63, 3.8) is 0 Å². The van der Waals surface area contributed by atoms with Gasteiger partial charge in [-0.1, -0.05) is 29.5 Å². The van der Waals surface area contributed by atoms with Crippen molar-refractivity contribution >= 4 is 33.4 Å². The molecule has 0 aliphatic heterocycles. The largest absolute Gasteiger partial charge is 0.417 e. The predicted octanol–water partition coefficient (Wildman–Crippen LogP) is 3.47. The average Bonchev–Trinajstić information content (AvgIpc) is 2.79. The fourth-order valence-corrected chi connectivity index (χ4v) is 2.34. The molecule has 1 heterocycles. The molecule has 3 aromatic rings. The van der Waals surface area contributed by atoms with Crippen LogP contribution in [0.25, 0.3) is 10.3 Å². The number of benzene rings is 2. The monoisotopic (exact) mass is 287 g/mol. The molecule has 0 aliphatic carbocycles. The maximum atomic E-state index is 11.7. The Bertz CT molecular complexity index is 807. The molecule has 5 nitrogen and oxygen atoms in total. The first-order valence-corrected chi connectivity index (χ1v) is 6.60. The van der Waals surface area contributed by atoms with Crippen LogP contribution >= 0.6 is 11.3 Å². The highest BCUT2D eigenvalue weighted by Crippen LogP contribution is 2.23. The molecule has 0 aliphatic rings. The SMILES string of the molecule is O=C(Nc1ccccc1)Oc1ccc2sc(=O)oc2c1. The van der Waals surface area contributed by atoms with E-state index in [-0.39, 0.29) is 4.94 Å². The minimum Gasteiger partial charge on any atom is -0.414 e. The molecule has 0 fully saturated rings. The third kappa shape index (κ3) is 2.70. The number of para-hydroxylation sites is 1. The lowest BCUT2D eigenvalue weighted by atomic mass is 10.3. The lowest BCUT2D eigenvalue weighted by Gasteiger charge is -2.06. The second-order valence-electron chi connectivity index (χ2n) is 3.94. The number of carbonyl (C=O) groups is 1. The summed E-state index contributed by atoms with van der Waals surface area (Å²) in [4.78, 5) is 22.4.